The van der Waals surface area contributed by atoms with Gasteiger partial charge in [-0.1, -0.05) is 42.5 Å². The molecule has 1 aromatic carbocycles. The Hall–Kier alpha value is -3.35. The number of fused-ring (bicyclic) bond motifs is 3. The second kappa shape index (κ2) is 5.62. The summed E-state index contributed by atoms with van der Waals surface area (Å²) < 4.78 is 9.60. The van der Waals surface area contributed by atoms with Crippen LogP contribution in [0, 0.1) is 6.92 Å². The van der Waals surface area contributed by atoms with Gasteiger partial charge >= 0.3 is 11.5 Å². The highest BCUT2D eigenvalue weighted by molar-refractivity contribution is 5.74. The summed E-state index contributed by atoms with van der Waals surface area (Å²) in [5.41, 5.74) is 0.863. The third-order valence-corrected chi connectivity index (χ3v) is 4.10. The van der Waals surface area contributed by atoms with E-state index in [1.54, 1.807) is 30.6 Å². The number of nitrogens with zero attached hydrogens (tertiary/aromatic N) is 4. The Bertz CT molecular complexity index is 1220. The minimum absolute atomic E-state index is 0.181. The lowest BCUT2D eigenvalue weighted by molar-refractivity contribution is 0.563. The molecule has 7 heteroatoms. The van der Waals surface area contributed by atoms with E-state index in [0.717, 1.165) is 5.56 Å². The Morgan fingerprint density at radius 2 is 1.96 bits per heavy atom. The minimum Gasteiger partial charge on any atom is -0.428 e. The lowest BCUT2D eigenvalue weighted by Gasteiger charge is -2.05. The lowest BCUT2D eigenvalue weighted by atomic mass is 10.2. The van der Waals surface area contributed by atoms with Crippen LogP contribution in [0.4, 0.5) is 0 Å². The molecule has 0 fully saturated rings. The fourth-order valence-corrected chi connectivity index (χ4v) is 2.88. The van der Waals surface area contributed by atoms with Gasteiger partial charge in [0, 0.05) is 13.6 Å². The first-order valence-electron chi connectivity index (χ1n) is 7.86. The predicted octanol–water partition coefficient (Wildman–Crippen LogP) is 1.96. The van der Waals surface area contributed by atoms with Gasteiger partial charge in [-0.2, -0.15) is 4.98 Å². The van der Waals surface area contributed by atoms with Crippen molar-refractivity contribution in [2.75, 3.05) is 0 Å². The molecule has 0 aliphatic heterocycles. The van der Waals surface area contributed by atoms with Crippen molar-refractivity contribution in [2.24, 2.45) is 7.05 Å². The summed E-state index contributed by atoms with van der Waals surface area (Å²) in [7, 11) is 1.60. The average Bonchev–Trinajstić information content (AvgIpc) is 3.13. The van der Waals surface area contributed by atoms with Crippen molar-refractivity contribution in [1.82, 2.24) is 18.5 Å². The maximum atomic E-state index is 12.8. The van der Waals surface area contributed by atoms with Crippen molar-refractivity contribution >= 4 is 23.1 Å². The van der Waals surface area contributed by atoms with Crippen LogP contribution in [0.15, 0.2) is 56.6 Å². The van der Waals surface area contributed by atoms with E-state index in [0.29, 0.717) is 22.8 Å². The molecule has 0 saturated carbocycles. The summed E-state index contributed by atoms with van der Waals surface area (Å²) in [4.78, 5) is 29.6. The summed E-state index contributed by atoms with van der Waals surface area (Å²) in [6.07, 6.45) is 5.37. The van der Waals surface area contributed by atoms with Crippen molar-refractivity contribution in [3.63, 3.8) is 0 Å². The monoisotopic (exact) mass is 336 g/mol. The van der Waals surface area contributed by atoms with Crippen LogP contribution in [0.25, 0.3) is 23.1 Å². The number of oxazole rings is 1. The molecular formula is C18H16N4O3. The van der Waals surface area contributed by atoms with Gasteiger partial charge < -0.3 is 4.42 Å². The molecule has 0 unspecified atom stereocenters. The van der Waals surface area contributed by atoms with Crippen LogP contribution in [0.2, 0.25) is 0 Å². The van der Waals surface area contributed by atoms with Crippen molar-refractivity contribution in [3.8, 4) is 0 Å². The molecule has 0 atom stereocenters. The number of imidazole rings is 1. The molecule has 0 amide bonds. The van der Waals surface area contributed by atoms with E-state index in [1.165, 1.54) is 9.13 Å². The number of aryl methyl sites for hydroxylation is 2. The zero-order valence-electron chi connectivity index (χ0n) is 13.8. The number of hydrogen-bond donors (Lipinski definition) is 0. The summed E-state index contributed by atoms with van der Waals surface area (Å²) >= 11 is 0. The number of aromatic nitrogens is 4. The Morgan fingerprint density at radius 3 is 2.72 bits per heavy atom. The molecule has 0 bridgehead atoms. The first-order chi connectivity index (χ1) is 12.1. The maximum absolute atomic E-state index is 12.8. The molecular weight excluding hydrogens is 320 g/mol. The van der Waals surface area contributed by atoms with E-state index in [4.69, 9.17) is 4.42 Å². The highest BCUT2D eigenvalue weighted by Crippen LogP contribution is 2.14. The van der Waals surface area contributed by atoms with Gasteiger partial charge in [0.25, 0.3) is 5.56 Å². The van der Waals surface area contributed by atoms with Crippen molar-refractivity contribution in [2.45, 2.75) is 13.5 Å². The van der Waals surface area contributed by atoms with Crippen molar-refractivity contribution in [1.29, 1.82) is 0 Å². The number of rotatable bonds is 3. The molecule has 7 nitrogen and oxygen atoms in total. The van der Waals surface area contributed by atoms with Gasteiger partial charge in [0.15, 0.2) is 11.2 Å². The third-order valence-electron chi connectivity index (χ3n) is 4.10. The smallest absolute Gasteiger partial charge is 0.332 e. The van der Waals surface area contributed by atoms with Gasteiger partial charge in [-0.3, -0.25) is 18.3 Å². The van der Waals surface area contributed by atoms with E-state index in [-0.39, 0.29) is 12.1 Å². The molecule has 0 saturated heterocycles. The first-order valence-corrected chi connectivity index (χ1v) is 7.86. The average molecular weight is 336 g/mol. The molecule has 126 valence electrons. The van der Waals surface area contributed by atoms with Crippen molar-refractivity contribution in [3.05, 3.63) is 74.8 Å². The zero-order valence-corrected chi connectivity index (χ0v) is 13.8. The summed E-state index contributed by atoms with van der Waals surface area (Å²) in [6, 6.07) is 9.70. The molecule has 3 aromatic heterocycles. The van der Waals surface area contributed by atoms with Gasteiger partial charge in [-0.05, 0) is 12.5 Å². The van der Waals surface area contributed by atoms with Crippen LogP contribution in [-0.2, 0) is 13.6 Å². The fourth-order valence-electron chi connectivity index (χ4n) is 2.88. The zero-order chi connectivity index (χ0) is 17.6. The summed E-state index contributed by atoms with van der Waals surface area (Å²) in [5.74, 6) is 0.949. The second-order valence-electron chi connectivity index (χ2n) is 5.85. The van der Waals surface area contributed by atoms with E-state index in [1.807, 2.05) is 36.4 Å². The van der Waals surface area contributed by atoms with Gasteiger partial charge in [0.2, 0.25) is 0 Å². The Labute approximate surface area is 142 Å². The van der Waals surface area contributed by atoms with E-state index in [2.05, 4.69) is 4.98 Å². The van der Waals surface area contributed by atoms with Crippen LogP contribution < -0.4 is 11.2 Å². The standard InChI is InChI=1S/C18H16N4O3/c1-12-11-22-14-15(19-17(22)25-12)20(2)18(24)21(16(14)23)10-6-9-13-7-4-3-5-8-13/h3-9,11H,10H2,1-2H3. The molecule has 0 N–H and O–H groups in total. The van der Waals surface area contributed by atoms with Gasteiger partial charge in [0.05, 0.1) is 6.20 Å². The normalized spacial score (nSPS) is 11.9. The molecule has 0 aliphatic carbocycles. The molecule has 0 aliphatic rings. The van der Waals surface area contributed by atoms with Gasteiger partial charge in [-0.25, -0.2) is 4.79 Å². The van der Waals surface area contributed by atoms with Crippen LogP contribution in [0.3, 0.4) is 0 Å². The van der Waals surface area contributed by atoms with Crippen LogP contribution in [0.5, 0.6) is 0 Å². The van der Waals surface area contributed by atoms with Crippen molar-refractivity contribution < 1.29 is 4.42 Å². The SMILES string of the molecule is Cc1cn2c(nc3c2c(=O)n(CC=Cc2ccccc2)c(=O)n3C)o1. The molecule has 0 radical (unpaired) electrons. The second-order valence-corrected chi connectivity index (χ2v) is 5.85. The summed E-state index contributed by atoms with van der Waals surface area (Å²) in [6.45, 7) is 1.96. The molecule has 3 heterocycles. The number of allylic oxidation sites excluding steroid dienone is 1. The lowest BCUT2D eigenvalue weighted by Crippen LogP contribution is -2.39. The largest absolute Gasteiger partial charge is 0.428 e. The topological polar surface area (TPSA) is 74.4 Å². The van der Waals surface area contributed by atoms with E-state index < -0.39 is 5.69 Å². The van der Waals surface area contributed by atoms with Crippen LogP contribution in [0.1, 0.15) is 11.3 Å². The molecule has 25 heavy (non-hydrogen) atoms. The van der Waals surface area contributed by atoms with E-state index in [9.17, 15) is 9.59 Å². The van der Waals surface area contributed by atoms with Gasteiger partial charge in [-0.15, -0.1) is 0 Å². The van der Waals surface area contributed by atoms with Crippen LogP contribution >= 0.6 is 0 Å². The Morgan fingerprint density at radius 1 is 1.20 bits per heavy atom. The number of hydrogen-bond acceptors (Lipinski definition) is 4. The molecule has 4 rings (SSSR count). The maximum Gasteiger partial charge on any atom is 0.332 e. The predicted molar refractivity (Wildman–Crippen MR) is 94.7 cm³/mol. The Kier molecular flexibility index (Phi) is 3.42. The third kappa shape index (κ3) is 2.40. The highest BCUT2D eigenvalue weighted by atomic mass is 16.4. The van der Waals surface area contributed by atoms with Gasteiger partial charge in [0.1, 0.15) is 5.76 Å². The highest BCUT2D eigenvalue weighted by Gasteiger charge is 2.18. The Balaban J connectivity index is 1.86. The van der Waals surface area contributed by atoms with E-state index >= 15 is 0 Å². The molecule has 0 spiro atoms. The number of benzene rings is 1. The molecule has 4 aromatic rings. The quantitative estimate of drug-likeness (QED) is 0.573. The fraction of sp³-hybridized carbons (Fsp3) is 0.167. The summed E-state index contributed by atoms with van der Waals surface area (Å²) in [5, 5.41) is 0. The minimum atomic E-state index is -0.410. The van der Waals surface area contributed by atoms with Crippen LogP contribution in [-0.4, -0.2) is 18.5 Å². The first kappa shape index (κ1) is 15.2.